The molecule has 0 bridgehead atoms. The Morgan fingerprint density at radius 1 is 1.38 bits per heavy atom. The minimum absolute atomic E-state index is 0.00468. The number of benzene rings is 1. The van der Waals surface area contributed by atoms with E-state index in [1.54, 1.807) is 0 Å². The first-order valence-corrected chi connectivity index (χ1v) is 5.63. The van der Waals surface area contributed by atoms with Crippen molar-refractivity contribution in [3.05, 3.63) is 35.6 Å². The lowest BCUT2D eigenvalue weighted by Gasteiger charge is -2.14. The zero-order chi connectivity index (χ0) is 12.1. The number of amides is 1. The van der Waals surface area contributed by atoms with Gasteiger partial charge in [-0.1, -0.05) is 0 Å². The van der Waals surface area contributed by atoms with Gasteiger partial charge in [0.2, 0.25) is 0 Å². The van der Waals surface area contributed by atoms with Gasteiger partial charge in [-0.15, -0.1) is 11.6 Å². The molecule has 0 saturated heterocycles. The van der Waals surface area contributed by atoms with Crippen molar-refractivity contribution >= 4 is 17.5 Å². The van der Waals surface area contributed by atoms with Crippen molar-refractivity contribution in [3.8, 4) is 0 Å². The summed E-state index contributed by atoms with van der Waals surface area (Å²) in [6, 6.07) is 5.46. The quantitative estimate of drug-likeness (QED) is 0.810. The molecule has 0 radical (unpaired) electrons. The van der Waals surface area contributed by atoms with E-state index < -0.39 is 0 Å². The molecule has 1 N–H and O–H groups in total. The van der Waals surface area contributed by atoms with Crippen molar-refractivity contribution < 1.29 is 9.18 Å². The fraction of sp³-hybridized carbons (Fsp3) is 0.417. The predicted octanol–water partition coefficient (Wildman–Crippen LogP) is 2.96. The number of carbonyl (C=O) groups excluding carboxylic acids is 1. The summed E-state index contributed by atoms with van der Waals surface area (Å²) >= 11 is 5.82. The van der Waals surface area contributed by atoms with Crippen LogP contribution in [0.1, 0.15) is 30.6 Å². The first-order chi connectivity index (χ1) is 7.49. The number of carbonyl (C=O) groups is 1. The number of hydrogen-bond donors (Lipinski definition) is 1. The summed E-state index contributed by atoms with van der Waals surface area (Å²) in [5.41, 5.74) is 0.454. The van der Waals surface area contributed by atoms with Gasteiger partial charge in [-0.05, 0) is 44.5 Å². The van der Waals surface area contributed by atoms with Gasteiger partial charge in [0.15, 0.2) is 0 Å². The Morgan fingerprint density at radius 2 is 1.94 bits per heavy atom. The summed E-state index contributed by atoms with van der Waals surface area (Å²) in [5, 5.41) is 2.82. The average molecular weight is 244 g/mol. The maximum absolute atomic E-state index is 12.6. The van der Waals surface area contributed by atoms with Crippen LogP contribution in [0, 0.1) is 5.82 Å². The van der Waals surface area contributed by atoms with E-state index in [0.717, 1.165) is 0 Å². The SMILES string of the molecule is CC(Cl)CC(C)NC(=O)c1ccc(F)cc1. The predicted molar refractivity (Wildman–Crippen MR) is 63.3 cm³/mol. The first kappa shape index (κ1) is 13.0. The van der Waals surface area contributed by atoms with Gasteiger partial charge in [0.25, 0.3) is 5.91 Å². The maximum Gasteiger partial charge on any atom is 0.251 e. The molecule has 1 aromatic carbocycles. The molecular formula is C12H15ClFNO. The summed E-state index contributed by atoms with van der Waals surface area (Å²) in [7, 11) is 0. The second kappa shape index (κ2) is 5.85. The van der Waals surface area contributed by atoms with Crippen LogP contribution in [-0.2, 0) is 0 Å². The van der Waals surface area contributed by atoms with E-state index in [2.05, 4.69) is 5.32 Å². The van der Waals surface area contributed by atoms with Crippen LogP contribution in [0.2, 0.25) is 0 Å². The summed E-state index contributed by atoms with van der Waals surface area (Å²) in [4.78, 5) is 11.7. The van der Waals surface area contributed by atoms with Gasteiger partial charge in [-0.25, -0.2) is 4.39 Å². The minimum Gasteiger partial charge on any atom is -0.350 e. The van der Waals surface area contributed by atoms with Gasteiger partial charge >= 0.3 is 0 Å². The second-order valence-electron chi connectivity index (χ2n) is 3.90. The maximum atomic E-state index is 12.6. The molecule has 0 aliphatic rings. The molecule has 1 rings (SSSR count). The zero-order valence-corrected chi connectivity index (χ0v) is 10.1. The third-order valence-corrected chi connectivity index (χ3v) is 2.34. The Morgan fingerprint density at radius 3 is 2.44 bits per heavy atom. The summed E-state index contributed by atoms with van der Waals surface area (Å²) in [6.45, 7) is 3.77. The fourth-order valence-electron chi connectivity index (χ4n) is 1.45. The van der Waals surface area contributed by atoms with Gasteiger partial charge in [-0.2, -0.15) is 0 Å². The third-order valence-electron chi connectivity index (χ3n) is 2.16. The van der Waals surface area contributed by atoms with Crippen molar-refractivity contribution in [1.29, 1.82) is 0 Å². The van der Waals surface area contributed by atoms with Crippen molar-refractivity contribution in [2.75, 3.05) is 0 Å². The second-order valence-corrected chi connectivity index (χ2v) is 4.64. The molecular weight excluding hydrogens is 229 g/mol. The lowest BCUT2D eigenvalue weighted by Crippen LogP contribution is -2.33. The average Bonchev–Trinajstić information content (AvgIpc) is 2.16. The molecule has 0 aliphatic heterocycles. The molecule has 16 heavy (non-hydrogen) atoms. The Bertz CT molecular complexity index is 351. The van der Waals surface area contributed by atoms with Crippen LogP contribution in [0.25, 0.3) is 0 Å². The van der Waals surface area contributed by atoms with Gasteiger partial charge < -0.3 is 5.32 Å². The van der Waals surface area contributed by atoms with E-state index >= 15 is 0 Å². The summed E-state index contributed by atoms with van der Waals surface area (Å²) in [5.74, 6) is -0.552. The highest BCUT2D eigenvalue weighted by atomic mass is 35.5. The van der Waals surface area contributed by atoms with Gasteiger partial charge in [0, 0.05) is 17.0 Å². The van der Waals surface area contributed by atoms with Crippen LogP contribution in [0.4, 0.5) is 4.39 Å². The number of halogens is 2. The van der Waals surface area contributed by atoms with Crippen molar-refractivity contribution in [2.24, 2.45) is 0 Å². The highest BCUT2D eigenvalue weighted by Crippen LogP contribution is 2.06. The molecule has 88 valence electrons. The zero-order valence-electron chi connectivity index (χ0n) is 9.34. The molecule has 0 aromatic heterocycles. The molecule has 0 heterocycles. The highest BCUT2D eigenvalue weighted by Gasteiger charge is 2.11. The number of hydrogen-bond acceptors (Lipinski definition) is 1. The van der Waals surface area contributed by atoms with Crippen LogP contribution in [-0.4, -0.2) is 17.3 Å². The van der Waals surface area contributed by atoms with Crippen molar-refractivity contribution in [1.82, 2.24) is 5.32 Å². The van der Waals surface area contributed by atoms with E-state index in [0.29, 0.717) is 12.0 Å². The molecule has 0 spiro atoms. The molecule has 1 aromatic rings. The topological polar surface area (TPSA) is 29.1 Å². The Labute approximate surface area is 99.8 Å². The van der Waals surface area contributed by atoms with Crippen LogP contribution >= 0.6 is 11.6 Å². The first-order valence-electron chi connectivity index (χ1n) is 5.19. The Hall–Kier alpha value is -1.09. The number of nitrogens with one attached hydrogen (secondary N) is 1. The monoisotopic (exact) mass is 243 g/mol. The molecule has 0 saturated carbocycles. The molecule has 2 atom stereocenters. The normalized spacial score (nSPS) is 14.2. The summed E-state index contributed by atoms with van der Waals surface area (Å²) < 4.78 is 12.6. The molecule has 1 amide bonds. The van der Waals surface area contributed by atoms with Gasteiger partial charge in [-0.3, -0.25) is 4.79 Å². The Kier molecular flexibility index (Phi) is 4.74. The number of rotatable bonds is 4. The van der Waals surface area contributed by atoms with Crippen molar-refractivity contribution in [3.63, 3.8) is 0 Å². The molecule has 2 unspecified atom stereocenters. The highest BCUT2D eigenvalue weighted by molar-refractivity contribution is 6.20. The van der Waals surface area contributed by atoms with Crippen molar-refractivity contribution in [2.45, 2.75) is 31.7 Å². The van der Waals surface area contributed by atoms with Crippen LogP contribution in [0.3, 0.4) is 0 Å². The van der Waals surface area contributed by atoms with Crippen LogP contribution in [0.15, 0.2) is 24.3 Å². The number of alkyl halides is 1. The lowest BCUT2D eigenvalue weighted by atomic mass is 10.1. The molecule has 2 nitrogen and oxygen atoms in total. The van der Waals surface area contributed by atoms with Crippen LogP contribution in [0.5, 0.6) is 0 Å². The summed E-state index contributed by atoms with van der Waals surface area (Å²) in [6.07, 6.45) is 0.703. The van der Waals surface area contributed by atoms with Gasteiger partial charge in [0.05, 0.1) is 0 Å². The Balaban J connectivity index is 2.55. The molecule has 0 aliphatic carbocycles. The smallest absolute Gasteiger partial charge is 0.251 e. The van der Waals surface area contributed by atoms with E-state index in [4.69, 9.17) is 11.6 Å². The fourth-order valence-corrected chi connectivity index (χ4v) is 1.72. The standard InChI is InChI=1S/C12H15ClFNO/c1-8(13)7-9(2)15-12(16)10-3-5-11(14)6-4-10/h3-6,8-9H,7H2,1-2H3,(H,15,16). The van der Waals surface area contributed by atoms with E-state index in [1.165, 1.54) is 24.3 Å². The lowest BCUT2D eigenvalue weighted by molar-refractivity contribution is 0.0938. The molecule has 0 fully saturated rings. The van der Waals surface area contributed by atoms with E-state index in [9.17, 15) is 9.18 Å². The van der Waals surface area contributed by atoms with E-state index in [-0.39, 0.29) is 23.1 Å². The largest absolute Gasteiger partial charge is 0.350 e. The molecule has 4 heteroatoms. The minimum atomic E-state index is -0.348. The van der Waals surface area contributed by atoms with E-state index in [1.807, 2.05) is 13.8 Å². The van der Waals surface area contributed by atoms with Crippen LogP contribution < -0.4 is 5.32 Å². The van der Waals surface area contributed by atoms with Gasteiger partial charge in [0.1, 0.15) is 5.82 Å². The third kappa shape index (κ3) is 4.19.